The van der Waals surface area contributed by atoms with Gasteiger partial charge in [-0.3, -0.25) is 29.0 Å². The van der Waals surface area contributed by atoms with Gasteiger partial charge in [-0.2, -0.15) is 0 Å². The van der Waals surface area contributed by atoms with Crippen molar-refractivity contribution in [3.8, 4) is 0 Å². The van der Waals surface area contributed by atoms with E-state index in [1.54, 1.807) is 55.6 Å². The highest BCUT2D eigenvalue weighted by Gasteiger charge is 2.46. The Labute approximate surface area is 602 Å². The number of aromatic nitrogens is 12. The minimum Gasteiger partial charge on any atom is -0.477 e. The maximum Gasteiger partial charge on any atom is 0.356 e. The zero-order valence-corrected chi connectivity index (χ0v) is 61.6. The van der Waals surface area contributed by atoms with Gasteiger partial charge >= 0.3 is 11.9 Å². The average Bonchev–Trinajstić information content (AvgIpc) is 0.778. The van der Waals surface area contributed by atoms with Crippen LogP contribution in [0.4, 0.5) is 0 Å². The Bertz CT molecular complexity index is 4990. The fourth-order valence-corrected chi connectivity index (χ4v) is 14.5. The number of amides is 1. The van der Waals surface area contributed by atoms with Crippen molar-refractivity contribution in [1.29, 1.82) is 0 Å². The number of rotatable bonds is 11. The molecule has 2 N–H and O–H groups in total. The van der Waals surface area contributed by atoms with Gasteiger partial charge in [-0.15, -0.1) is 0 Å². The van der Waals surface area contributed by atoms with Crippen LogP contribution in [0.25, 0.3) is 0 Å². The van der Waals surface area contributed by atoms with Crippen LogP contribution in [0.5, 0.6) is 0 Å². The third-order valence-electron chi connectivity index (χ3n) is 19.6. The molecule has 4 atom stereocenters. The van der Waals surface area contributed by atoms with Gasteiger partial charge in [0.2, 0.25) is 0 Å². The molecule has 1 aromatic carbocycles. The number of nitrogens with zero attached hydrogens (tertiary/aromatic N) is 12. The van der Waals surface area contributed by atoms with Crippen molar-refractivity contribution >= 4 is 62.4 Å². The quantitative estimate of drug-likeness (QED) is 0.0897. The Kier molecular flexibility index (Phi) is 21.7. The second kappa shape index (κ2) is 29.8. The van der Waals surface area contributed by atoms with Crippen LogP contribution in [0, 0.1) is 55.4 Å². The van der Waals surface area contributed by atoms with E-state index in [-0.39, 0.29) is 63.3 Å². The lowest BCUT2D eigenvalue weighted by molar-refractivity contribution is 0.0591. The van der Waals surface area contributed by atoms with E-state index in [1.165, 1.54) is 31.8 Å². The number of carboxylic acids is 1. The van der Waals surface area contributed by atoms with E-state index in [2.05, 4.69) is 69.9 Å². The number of ether oxygens (including phenoxy) is 1. The number of pyridine rings is 4. The van der Waals surface area contributed by atoms with E-state index in [0.717, 1.165) is 74.8 Å². The molecule has 8 aromatic heterocycles. The van der Waals surface area contributed by atoms with Gasteiger partial charge in [0.1, 0.15) is 45.5 Å². The Morgan fingerprint density at radius 2 is 0.796 bits per heavy atom. The number of sulfone groups is 1. The third-order valence-corrected chi connectivity index (χ3v) is 21.5. The predicted octanol–water partition coefficient (Wildman–Crippen LogP) is 11.2. The summed E-state index contributed by atoms with van der Waals surface area (Å²) >= 11 is 5.91. The Hall–Kier alpha value is -10.5. The molecular weight excluding hydrogens is 1350 g/mol. The van der Waals surface area contributed by atoms with Crippen LogP contribution in [-0.4, -0.2) is 127 Å². The number of nitrogens with one attached hydrogen (secondary N) is 1. The summed E-state index contributed by atoms with van der Waals surface area (Å²) in [5, 5.41) is 12.3. The van der Waals surface area contributed by atoms with E-state index in [9.17, 15) is 42.0 Å². The van der Waals surface area contributed by atoms with Crippen molar-refractivity contribution in [2.24, 2.45) is 0 Å². The Morgan fingerprint density at radius 3 is 1.14 bits per heavy atom. The zero-order chi connectivity index (χ0) is 74.8. The number of hydrogen-bond donors (Lipinski definition) is 2. The molecule has 24 nitrogen and oxygen atoms in total. The number of carbonyl (C=O) groups is 7. The molecule has 0 bridgehead atoms. The van der Waals surface area contributed by atoms with Crippen molar-refractivity contribution in [2.75, 3.05) is 12.9 Å². The van der Waals surface area contributed by atoms with Gasteiger partial charge in [-0.1, -0.05) is 30.7 Å². The van der Waals surface area contributed by atoms with E-state index >= 15 is 0 Å². The number of hydrogen-bond acceptors (Lipinski definition) is 22. The number of fused-ring (bicyclic) bond motifs is 4. The van der Waals surface area contributed by atoms with Gasteiger partial charge in [0.15, 0.2) is 33.0 Å². The molecule has 1 amide bonds. The minimum absolute atomic E-state index is 0.0230. The molecule has 0 saturated carbocycles. The summed E-state index contributed by atoms with van der Waals surface area (Å²) < 4.78 is 28.6. The van der Waals surface area contributed by atoms with Crippen molar-refractivity contribution in [3.63, 3.8) is 0 Å². The molecule has 532 valence electrons. The molecule has 0 radical (unpaired) electrons. The fourth-order valence-electron chi connectivity index (χ4n) is 13.5. The molecule has 8 heterocycles. The number of ketones is 4. The van der Waals surface area contributed by atoms with Crippen LogP contribution in [0.2, 0.25) is 5.15 Å². The molecular formula is C77H80ClN13O11S. The number of halogens is 1. The van der Waals surface area contributed by atoms with Gasteiger partial charge in [0.25, 0.3) is 5.91 Å². The van der Waals surface area contributed by atoms with Crippen molar-refractivity contribution in [2.45, 2.75) is 174 Å². The van der Waals surface area contributed by atoms with Crippen LogP contribution >= 0.6 is 11.6 Å². The molecule has 4 unspecified atom stereocenters. The van der Waals surface area contributed by atoms with Gasteiger partial charge in [-0.05, 0) is 223 Å². The number of Topliss-reactive ketones (excluding diaryl/α,β-unsaturated/α-hetero) is 4. The molecule has 4 aliphatic rings. The maximum atomic E-state index is 13.4. The zero-order valence-electron chi connectivity index (χ0n) is 60.0. The molecule has 0 fully saturated rings. The summed E-state index contributed by atoms with van der Waals surface area (Å²) in [6.07, 6.45) is 11.1. The summed E-state index contributed by atoms with van der Waals surface area (Å²) in [6, 6.07) is 20.5. The van der Waals surface area contributed by atoms with E-state index in [0.29, 0.717) is 101 Å². The molecule has 26 heteroatoms. The molecule has 0 saturated heterocycles. The fraction of sp³-hybridized carbons (Fsp3) is 0.364. The molecule has 13 rings (SSSR count). The lowest BCUT2D eigenvalue weighted by Crippen LogP contribution is -2.39. The minimum atomic E-state index is -3.26. The van der Waals surface area contributed by atoms with Crippen molar-refractivity contribution < 1.29 is 51.8 Å². The second-order valence-electron chi connectivity index (χ2n) is 27.3. The third kappa shape index (κ3) is 15.8. The number of benzene rings is 1. The lowest BCUT2D eigenvalue weighted by atomic mass is 9.70. The molecule has 0 spiro atoms. The highest BCUT2D eigenvalue weighted by atomic mass is 35.5. The molecule has 0 aliphatic heterocycles. The summed E-state index contributed by atoms with van der Waals surface area (Å²) in [4.78, 5) is 139. The molecule has 103 heavy (non-hydrogen) atoms. The SMILES string of the molecule is CCS(=O)(=O)c1ccc(CNC(=O)c2cc3c(cn2)C(=O)C(C)(c2cc(C)nc(C)n2)CC3)cc1.COC(=O)c1cc2c(cn1)C(=O)C(C)(c1cc(C)nc(C)n1)CC2.Cc1cc(C2(C)CCc3cc(C(=O)O)ncc3C2=O)nc(C)n1.Cc1cc(C2(C)CCc3cc(Cl)ncc3C2=O)nc(C)n1. The monoisotopic (exact) mass is 1430 g/mol. The number of aromatic carboxylic acids is 1. The first-order valence-electron chi connectivity index (χ1n) is 33.6. The first kappa shape index (κ1) is 75.1. The first-order valence-corrected chi connectivity index (χ1v) is 35.7. The molecule has 4 aliphatic carbocycles. The van der Waals surface area contributed by atoms with Crippen LogP contribution in [0.15, 0.2) is 102 Å². The Morgan fingerprint density at radius 1 is 0.476 bits per heavy atom. The lowest BCUT2D eigenvalue weighted by Gasteiger charge is -2.33. The molecule has 9 aromatic rings. The average molecular weight is 1430 g/mol. The van der Waals surface area contributed by atoms with Crippen molar-refractivity contribution in [1.82, 2.24) is 65.1 Å². The van der Waals surface area contributed by atoms with Gasteiger partial charge < -0.3 is 15.2 Å². The number of aryl methyl sites for hydroxylation is 12. The van der Waals surface area contributed by atoms with Gasteiger partial charge in [0.05, 0.1) is 62.2 Å². The number of carbonyl (C=O) groups excluding carboxylic acids is 6. The Balaban J connectivity index is 0.000000151. The van der Waals surface area contributed by atoms with Crippen LogP contribution in [-0.2, 0) is 68.5 Å². The second-order valence-corrected chi connectivity index (χ2v) is 29.9. The topological polar surface area (TPSA) is 350 Å². The normalized spacial score (nSPS) is 19.4. The van der Waals surface area contributed by atoms with Crippen LogP contribution in [0.1, 0.15) is 230 Å². The highest BCUT2D eigenvalue weighted by molar-refractivity contribution is 7.91. The van der Waals surface area contributed by atoms with Gasteiger partial charge in [-0.25, -0.2) is 72.8 Å². The van der Waals surface area contributed by atoms with Crippen molar-refractivity contribution in [3.05, 3.63) is 239 Å². The van der Waals surface area contributed by atoms with Crippen LogP contribution in [0.3, 0.4) is 0 Å². The standard InChI is InChI=1S/C26H28N4O4S.C18H19N3O3.C17H17N3O3.C16H16ClN3O/c1-5-35(33,34)20-8-6-18(7-9-20)14-28-25(32)22-13-19-10-11-26(4,24(31)21(19)15-27-22)23-12-16(2)29-17(3)30-23;1-10-7-15(21-11(2)20-10)18(3)6-5-12-8-14(17(23)24-4)19-9-13(12)16(18)22;1-9-6-14(20-10(2)19-9)17(3)5-4-11-7-13(16(22)23)18-8-12(11)15(17)21;1-9-6-13(20-10(2)19-9)16(3)5-4-11-7-14(17)18-8-12(11)15(16)21/h6-9,12-13,15H,5,10-11,14H2,1-4H3,(H,28,32);7-9H,5-6H2,1-4H3;6-8H,4-5H2,1-3H3,(H,22,23);6-8H,4-5H2,1-3H3. The van der Waals surface area contributed by atoms with Crippen LogP contribution < -0.4 is 5.32 Å². The number of carboxylic acid groups (broad SMARTS) is 1. The summed E-state index contributed by atoms with van der Waals surface area (Å²) in [5.41, 5.74) is 10.2. The number of methoxy groups -OCH3 is 1. The predicted molar refractivity (Wildman–Crippen MR) is 382 cm³/mol. The maximum absolute atomic E-state index is 13.4. The van der Waals surface area contributed by atoms with E-state index < -0.39 is 43.4 Å². The summed E-state index contributed by atoms with van der Waals surface area (Å²) in [6.45, 7) is 24.3. The van der Waals surface area contributed by atoms with Gasteiger partial charge in [0, 0.05) is 76.4 Å². The number of esters is 1. The van der Waals surface area contributed by atoms with E-state index in [4.69, 9.17) is 16.7 Å². The first-order chi connectivity index (χ1) is 48.6. The summed E-state index contributed by atoms with van der Waals surface area (Å²) in [7, 11) is -1.95. The smallest absolute Gasteiger partial charge is 0.356 e. The highest BCUT2D eigenvalue weighted by Crippen LogP contribution is 2.42. The largest absolute Gasteiger partial charge is 0.477 e. The van der Waals surface area contributed by atoms with E-state index in [1.807, 2.05) is 107 Å². The summed E-state index contributed by atoms with van der Waals surface area (Å²) in [5.74, 6) is 0.618.